The van der Waals surface area contributed by atoms with Crippen LogP contribution in [0.5, 0.6) is 5.88 Å². The number of aromatic hydroxyl groups is 1. The molecule has 0 atom stereocenters. The number of nitrogens with one attached hydrogen (secondary N) is 1. The summed E-state index contributed by atoms with van der Waals surface area (Å²) < 4.78 is 28.4. The molecule has 2 aromatic heterocycles. The summed E-state index contributed by atoms with van der Waals surface area (Å²) in [6, 6.07) is 8.02. The van der Waals surface area contributed by atoms with E-state index >= 15 is 0 Å². The standard InChI is InChI=1S/C15H13F2N5O/c1-18-13-6-12(14-19-7-11(17)15(23)20-14)21-22(13)8-9-4-2-3-5-10(9)16/h2-7,18H,8H2,1H3,(H,19,20,23). The molecular formula is C15H13F2N5O. The van der Waals surface area contributed by atoms with Crippen molar-refractivity contribution < 1.29 is 13.9 Å². The van der Waals surface area contributed by atoms with Gasteiger partial charge < -0.3 is 10.4 Å². The van der Waals surface area contributed by atoms with E-state index in [2.05, 4.69) is 20.4 Å². The summed E-state index contributed by atoms with van der Waals surface area (Å²) in [5, 5.41) is 16.6. The molecule has 8 heteroatoms. The summed E-state index contributed by atoms with van der Waals surface area (Å²) in [5.74, 6) is -1.30. The van der Waals surface area contributed by atoms with Crippen molar-refractivity contribution in [1.29, 1.82) is 0 Å². The Morgan fingerprint density at radius 3 is 2.70 bits per heavy atom. The van der Waals surface area contributed by atoms with Crippen LogP contribution in [0.1, 0.15) is 5.56 Å². The topological polar surface area (TPSA) is 75.9 Å². The molecule has 0 aliphatic rings. The SMILES string of the molecule is CNc1cc(-c2ncc(F)c(O)n2)nn1Cc1ccccc1F. The zero-order valence-corrected chi connectivity index (χ0v) is 12.2. The van der Waals surface area contributed by atoms with E-state index in [9.17, 15) is 13.9 Å². The number of halogens is 2. The Bertz CT molecular complexity index is 850. The predicted molar refractivity (Wildman–Crippen MR) is 79.9 cm³/mol. The highest BCUT2D eigenvalue weighted by Crippen LogP contribution is 2.22. The molecule has 3 rings (SSSR count). The van der Waals surface area contributed by atoms with Gasteiger partial charge in [-0.15, -0.1) is 0 Å². The van der Waals surface area contributed by atoms with Gasteiger partial charge in [-0.05, 0) is 6.07 Å². The van der Waals surface area contributed by atoms with Gasteiger partial charge in [-0.2, -0.15) is 14.5 Å². The Morgan fingerprint density at radius 2 is 2.00 bits per heavy atom. The molecule has 6 nitrogen and oxygen atoms in total. The van der Waals surface area contributed by atoms with Crippen LogP contribution in [0.15, 0.2) is 36.5 Å². The fraction of sp³-hybridized carbons (Fsp3) is 0.133. The average molecular weight is 317 g/mol. The number of aromatic nitrogens is 4. The maximum Gasteiger partial charge on any atom is 0.251 e. The van der Waals surface area contributed by atoms with Crippen LogP contribution in [0.3, 0.4) is 0 Å². The van der Waals surface area contributed by atoms with Gasteiger partial charge in [-0.3, -0.25) is 0 Å². The van der Waals surface area contributed by atoms with E-state index in [0.717, 1.165) is 6.20 Å². The number of rotatable bonds is 4. The van der Waals surface area contributed by atoms with E-state index in [-0.39, 0.29) is 18.2 Å². The van der Waals surface area contributed by atoms with Crippen molar-refractivity contribution in [2.75, 3.05) is 12.4 Å². The van der Waals surface area contributed by atoms with Crippen molar-refractivity contribution in [2.45, 2.75) is 6.54 Å². The molecular weight excluding hydrogens is 304 g/mol. The second-order valence-electron chi connectivity index (χ2n) is 4.78. The van der Waals surface area contributed by atoms with Crippen LogP contribution in [-0.2, 0) is 6.54 Å². The fourth-order valence-corrected chi connectivity index (χ4v) is 2.12. The first kappa shape index (κ1) is 14.9. The molecule has 118 valence electrons. The third kappa shape index (κ3) is 2.96. The van der Waals surface area contributed by atoms with Crippen LogP contribution in [0.4, 0.5) is 14.6 Å². The van der Waals surface area contributed by atoms with Crippen molar-refractivity contribution in [3.63, 3.8) is 0 Å². The molecule has 0 bridgehead atoms. The van der Waals surface area contributed by atoms with E-state index in [4.69, 9.17) is 0 Å². The van der Waals surface area contributed by atoms with Crippen LogP contribution < -0.4 is 5.32 Å². The predicted octanol–water partition coefficient (Wildman–Crippen LogP) is 2.41. The highest BCUT2D eigenvalue weighted by molar-refractivity contribution is 5.56. The smallest absolute Gasteiger partial charge is 0.251 e. The minimum absolute atomic E-state index is 0.0766. The van der Waals surface area contributed by atoms with E-state index in [1.54, 1.807) is 31.3 Å². The Morgan fingerprint density at radius 1 is 1.22 bits per heavy atom. The van der Waals surface area contributed by atoms with Gasteiger partial charge in [0, 0.05) is 18.7 Å². The minimum atomic E-state index is -0.909. The van der Waals surface area contributed by atoms with Gasteiger partial charge >= 0.3 is 0 Å². The Labute approximate surface area is 130 Å². The van der Waals surface area contributed by atoms with Gasteiger partial charge in [0.05, 0.1) is 12.7 Å². The van der Waals surface area contributed by atoms with Gasteiger partial charge in [-0.1, -0.05) is 18.2 Å². The Balaban J connectivity index is 1.97. The van der Waals surface area contributed by atoms with E-state index in [1.165, 1.54) is 10.7 Å². The molecule has 0 saturated heterocycles. The zero-order valence-electron chi connectivity index (χ0n) is 12.2. The molecule has 23 heavy (non-hydrogen) atoms. The normalized spacial score (nSPS) is 10.7. The summed E-state index contributed by atoms with van der Waals surface area (Å²) in [6.07, 6.45) is 0.868. The highest BCUT2D eigenvalue weighted by atomic mass is 19.1. The molecule has 2 heterocycles. The molecule has 0 aliphatic heterocycles. The van der Waals surface area contributed by atoms with Crippen molar-refractivity contribution in [3.05, 3.63) is 53.7 Å². The molecule has 0 radical (unpaired) electrons. The Kier molecular flexibility index (Phi) is 3.88. The summed E-state index contributed by atoms with van der Waals surface area (Å²) in [5.41, 5.74) is 0.808. The second-order valence-corrected chi connectivity index (χ2v) is 4.78. The van der Waals surface area contributed by atoms with Crippen LogP contribution in [0.2, 0.25) is 0 Å². The minimum Gasteiger partial charge on any atom is -0.491 e. The lowest BCUT2D eigenvalue weighted by molar-refractivity contribution is 0.409. The van der Waals surface area contributed by atoms with Crippen molar-refractivity contribution in [3.8, 4) is 17.4 Å². The average Bonchev–Trinajstić information content (AvgIpc) is 2.95. The number of hydrogen-bond donors (Lipinski definition) is 2. The van der Waals surface area contributed by atoms with Gasteiger partial charge in [0.15, 0.2) is 5.82 Å². The van der Waals surface area contributed by atoms with Gasteiger partial charge in [-0.25, -0.2) is 14.1 Å². The maximum atomic E-state index is 13.8. The van der Waals surface area contributed by atoms with E-state index < -0.39 is 11.7 Å². The van der Waals surface area contributed by atoms with Crippen molar-refractivity contribution in [2.24, 2.45) is 0 Å². The summed E-state index contributed by atoms with van der Waals surface area (Å²) in [7, 11) is 1.70. The highest BCUT2D eigenvalue weighted by Gasteiger charge is 2.14. The quantitative estimate of drug-likeness (QED) is 0.773. The summed E-state index contributed by atoms with van der Waals surface area (Å²) in [4.78, 5) is 7.45. The van der Waals surface area contributed by atoms with Crippen LogP contribution in [0, 0.1) is 11.6 Å². The largest absolute Gasteiger partial charge is 0.491 e. The van der Waals surface area contributed by atoms with Gasteiger partial charge in [0.1, 0.15) is 17.3 Å². The molecule has 0 amide bonds. The van der Waals surface area contributed by atoms with Crippen LogP contribution in [-0.4, -0.2) is 31.9 Å². The maximum absolute atomic E-state index is 13.8. The number of anilines is 1. The molecule has 0 aliphatic carbocycles. The second kappa shape index (κ2) is 5.99. The van der Waals surface area contributed by atoms with Crippen LogP contribution in [0.25, 0.3) is 11.5 Å². The first-order valence-electron chi connectivity index (χ1n) is 6.79. The molecule has 3 aromatic rings. The molecule has 0 spiro atoms. The number of nitrogens with zero attached hydrogens (tertiary/aromatic N) is 4. The number of benzene rings is 1. The third-order valence-corrected chi connectivity index (χ3v) is 3.27. The van der Waals surface area contributed by atoms with Gasteiger partial charge in [0.2, 0.25) is 5.82 Å². The summed E-state index contributed by atoms with van der Waals surface area (Å²) in [6.45, 7) is 0.204. The summed E-state index contributed by atoms with van der Waals surface area (Å²) >= 11 is 0. The lowest BCUT2D eigenvalue weighted by Gasteiger charge is -2.07. The fourth-order valence-electron chi connectivity index (χ4n) is 2.12. The lowest BCUT2D eigenvalue weighted by atomic mass is 10.2. The molecule has 0 unspecified atom stereocenters. The first-order chi connectivity index (χ1) is 11.1. The zero-order chi connectivity index (χ0) is 16.4. The first-order valence-corrected chi connectivity index (χ1v) is 6.79. The Hall–Kier alpha value is -3.03. The van der Waals surface area contributed by atoms with Crippen molar-refractivity contribution >= 4 is 5.82 Å². The number of hydrogen-bond acceptors (Lipinski definition) is 5. The molecule has 1 aromatic carbocycles. The van der Waals surface area contributed by atoms with Gasteiger partial charge in [0.25, 0.3) is 5.88 Å². The van der Waals surface area contributed by atoms with Crippen molar-refractivity contribution in [1.82, 2.24) is 19.7 Å². The third-order valence-electron chi connectivity index (χ3n) is 3.27. The monoisotopic (exact) mass is 317 g/mol. The van der Waals surface area contributed by atoms with E-state index in [1.807, 2.05) is 0 Å². The van der Waals surface area contributed by atoms with Crippen LogP contribution >= 0.6 is 0 Å². The lowest BCUT2D eigenvalue weighted by Crippen LogP contribution is -2.07. The van der Waals surface area contributed by atoms with E-state index in [0.29, 0.717) is 17.1 Å². The molecule has 2 N–H and O–H groups in total. The molecule has 0 saturated carbocycles. The molecule has 0 fully saturated rings.